The summed E-state index contributed by atoms with van der Waals surface area (Å²) in [4.78, 5) is 16.7. The molecule has 1 aliphatic rings. The van der Waals surface area contributed by atoms with Gasteiger partial charge in [-0.15, -0.1) is 5.10 Å². The fraction of sp³-hybridized carbons (Fsp3) is 0.200. The van der Waals surface area contributed by atoms with Crippen LogP contribution in [0.4, 0.5) is 5.95 Å². The van der Waals surface area contributed by atoms with Gasteiger partial charge in [-0.2, -0.15) is 10.1 Å². The SMILES string of the molecule is COc1cccc(/C(C)=N\Nc2nc(SCC(=O)c3ccc4c(c3)OCO4)n[nH]2)c1. The van der Waals surface area contributed by atoms with Crippen LogP contribution >= 0.6 is 11.8 Å². The van der Waals surface area contributed by atoms with E-state index in [-0.39, 0.29) is 18.3 Å². The Morgan fingerprint density at radius 2 is 2.10 bits per heavy atom. The molecule has 0 bridgehead atoms. The first kappa shape index (κ1) is 19.8. The maximum absolute atomic E-state index is 12.4. The van der Waals surface area contributed by atoms with Crippen molar-refractivity contribution in [1.82, 2.24) is 15.2 Å². The predicted octanol–water partition coefficient (Wildman–Crippen LogP) is 3.35. The number of ketones is 1. The van der Waals surface area contributed by atoms with Crippen molar-refractivity contribution >= 4 is 29.2 Å². The number of hydrogen-bond acceptors (Lipinski definition) is 9. The third kappa shape index (κ3) is 4.54. The van der Waals surface area contributed by atoms with Gasteiger partial charge < -0.3 is 14.2 Å². The molecule has 30 heavy (non-hydrogen) atoms. The maximum Gasteiger partial charge on any atom is 0.240 e. The van der Waals surface area contributed by atoms with E-state index in [1.807, 2.05) is 31.2 Å². The minimum Gasteiger partial charge on any atom is -0.497 e. The normalized spacial score (nSPS) is 12.7. The first-order chi connectivity index (χ1) is 14.6. The Kier molecular flexibility index (Phi) is 5.84. The minimum atomic E-state index is -0.0514. The smallest absolute Gasteiger partial charge is 0.240 e. The summed E-state index contributed by atoms with van der Waals surface area (Å²) < 4.78 is 15.8. The van der Waals surface area contributed by atoms with Gasteiger partial charge in [-0.25, -0.2) is 10.5 Å². The lowest BCUT2D eigenvalue weighted by Crippen LogP contribution is -2.02. The van der Waals surface area contributed by atoms with Gasteiger partial charge in [0.2, 0.25) is 17.9 Å². The van der Waals surface area contributed by atoms with Crippen molar-refractivity contribution in [3.05, 3.63) is 53.6 Å². The summed E-state index contributed by atoms with van der Waals surface area (Å²) in [5.74, 6) is 2.52. The molecule has 2 heterocycles. The van der Waals surface area contributed by atoms with Crippen molar-refractivity contribution in [2.24, 2.45) is 5.10 Å². The van der Waals surface area contributed by atoms with E-state index in [0.29, 0.717) is 28.2 Å². The first-order valence-corrected chi connectivity index (χ1v) is 10.0. The Bertz CT molecular complexity index is 1100. The third-order valence-electron chi connectivity index (χ3n) is 4.31. The summed E-state index contributed by atoms with van der Waals surface area (Å²) in [6.07, 6.45) is 0. The number of rotatable bonds is 8. The summed E-state index contributed by atoms with van der Waals surface area (Å²) >= 11 is 1.23. The number of H-pyrrole nitrogens is 1. The Morgan fingerprint density at radius 3 is 2.97 bits per heavy atom. The van der Waals surface area contributed by atoms with Gasteiger partial charge >= 0.3 is 0 Å². The number of fused-ring (bicyclic) bond motifs is 1. The zero-order chi connectivity index (χ0) is 20.9. The summed E-state index contributed by atoms with van der Waals surface area (Å²) in [5, 5.41) is 11.6. The average molecular weight is 425 g/mol. The molecule has 1 aliphatic heterocycles. The number of methoxy groups -OCH3 is 1. The van der Waals surface area contributed by atoms with E-state index >= 15 is 0 Å². The van der Waals surface area contributed by atoms with Gasteiger partial charge in [0.1, 0.15) is 5.75 Å². The van der Waals surface area contributed by atoms with Gasteiger partial charge in [0.25, 0.3) is 0 Å². The number of hydrogen-bond donors (Lipinski definition) is 2. The largest absolute Gasteiger partial charge is 0.497 e. The third-order valence-corrected chi connectivity index (χ3v) is 5.16. The molecule has 2 aromatic carbocycles. The van der Waals surface area contributed by atoms with Crippen molar-refractivity contribution in [2.75, 3.05) is 25.1 Å². The molecule has 9 nitrogen and oxygen atoms in total. The number of nitrogens with one attached hydrogen (secondary N) is 2. The van der Waals surface area contributed by atoms with E-state index in [0.717, 1.165) is 17.0 Å². The molecular formula is C20H19N5O4S. The monoisotopic (exact) mass is 425 g/mol. The highest BCUT2D eigenvalue weighted by Gasteiger charge is 2.17. The van der Waals surface area contributed by atoms with Crippen LogP contribution in [-0.2, 0) is 0 Å². The summed E-state index contributed by atoms with van der Waals surface area (Å²) in [5.41, 5.74) is 5.08. The molecule has 3 aromatic rings. The van der Waals surface area contributed by atoms with E-state index in [4.69, 9.17) is 14.2 Å². The molecule has 0 amide bonds. The number of aromatic nitrogens is 3. The highest BCUT2D eigenvalue weighted by molar-refractivity contribution is 7.99. The van der Waals surface area contributed by atoms with Crippen molar-refractivity contribution in [1.29, 1.82) is 0 Å². The second kappa shape index (κ2) is 8.87. The van der Waals surface area contributed by atoms with Crippen LogP contribution in [0.3, 0.4) is 0 Å². The fourth-order valence-corrected chi connectivity index (χ4v) is 3.39. The van der Waals surface area contributed by atoms with Crippen LogP contribution in [0.25, 0.3) is 0 Å². The Hall–Kier alpha value is -3.53. The van der Waals surface area contributed by atoms with Crippen molar-refractivity contribution in [3.63, 3.8) is 0 Å². The fourth-order valence-electron chi connectivity index (χ4n) is 2.69. The molecular weight excluding hydrogens is 406 g/mol. The summed E-state index contributed by atoms with van der Waals surface area (Å²) in [6.45, 7) is 2.05. The molecule has 0 unspecified atom stereocenters. The van der Waals surface area contributed by atoms with Crippen molar-refractivity contribution in [3.8, 4) is 17.2 Å². The molecule has 2 N–H and O–H groups in total. The maximum atomic E-state index is 12.4. The second-order valence-electron chi connectivity index (χ2n) is 6.29. The number of aromatic amines is 1. The molecule has 0 aliphatic carbocycles. The summed E-state index contributed by atoms with van der Waals surface area (Å²) in [6, 6.07) is 12.7. The lowest BCUT2D eigenvalue weighted by Gasteiger charge is -2.04. The number of hydrazone groups is 1. The lowest BCUT2D eigenvalue weighted by molar-refractivity contribution is 0.102. The topological polar surface area (TPSA) is 111 Å². The highest BCUT2D eigenvalue weighted by atomic mass is 32.2. The van der Waals surface area contributed by atoms with Crippen molar-refractivity contribution < 1.29 is 19.0 Å². The summed E-state index contributed by atoms with van der Waals surface area (Å²) in [7, 11) is 1.62. The molecule has 10 heteroatoms. The first-order valence-electron chi connectivity index (χ1n) is 9.05. The number of carbonyl (C=O) groups excluding carboxylic acids is 1. The van der Waals surface area contributed by atoms with Gasteiger partial charge in [0.15, 0.2) is 17.3 Å². The molecule has 0 saturated carbocycles. The van der Waals surface area contributed by atoms with Crippen LogP contribution in [0.1, 0.15) is 22.8 Å². The molecule has 0 radical (unpaired) electrons. The van der Waals surface area contributed by atoms with Crippen LogP contribution in [0.2, 0.25) is 0 Å². The molecule has 4 rings (SSSR count). The van der Waals surface area contributed by atoms with Crippen LogP contribution < -0.4 is 19.6 Å². The number of ether oxygens (including phenoxy) is 3. The Balaban J connectivity index is 1.33. The molecule has 0 atom stereocenters. The molecule has 0 spiro atoms. The average Bonchev–Trinajstić information content (AvgIpc) is 3.44. The number of thioether (sulfide) groups is 1. The van der Waals surface area contributed by atoms with Crippen LogP contribution in [-0.4, -0.2) is 46.3 Å². The number of benzene rings is 2. The Labute approximate surface area is 176 Å². The minimum absolute atomic E-state index is 0.0514. The van der Waals surface area contributed by atoms with Crippen LogP contribution in [0, 0.1) is 0 Å². The van der Waals surface area contributed by atoms with Gasteiger partial charge in [-0.1, -0.05) is 23.9 Å². The van der Waals surface area contributed by atoms with Gasteiger partial charge in [0.05, 0.1) is 18.6 Å². The molecule has 1 aromatic heterocycles. The van der Waals surface area contributed by atoms with Crippen molar-refractivity contribution in [2.45, 2.75) is 12.1 Å². The van der Waals surface area contributed by atoms with Gasteiger partial charge in [-0.3, -0.25) is 4.79 Å². The van der Waals surface area contributed by atoms with E-state index in [1.165, 1.54) is 11.8 Å². The zero-order valence-electron chi connectivity index (χ0n) is 16.3. The van der Waals surface area contributed by atoms with Crippen LogP contribution in [0.15, 0.2) is 52.7 Å². The van der Waals surface area contributed by atoms with Gasteiger partial charge in [0, 0.05) is 11.1 Å². The van der Waals surface area contributed by atoms with Crippen LogP contribution in [0.5, 0.6) is 17.2 Å². The van der Waals surface area contributed by atoms with E-state index < -0.39 is 0 Å². The predicted molar refractivity (Wildman–Crippen MR) is 113 cm³/mol. The number of Topliss-reactive ketones (excluding diaryl/α,β-unsaturated/α-hetero) is 1. The van der Waals surface area contributed by atoms with E-state index in [2.05, 4.69) is 25.7 Å². The number of carbonyl (C=O) groups is 1. The zero-order valence-corrected chi connectivity index (χ0v) is 17.2. The number of anilines is 1. The van der Waals surface area contributed by atoms with E-state index in [9.17, 15) is 4.79 Å². The quantitative estimate of drug-likeness (QED) is 0.245. The lowest BCUT2D eigenvalue weighted by atomic mass is 10.1. The second-order valence-corrected chi connectivity index (χ2v) is 7.23. The van der Waals surface area contributed by atoms with E-state index in [1.54, 1.807) is 25.3 Å². The Morgan fingerprint density at radius 1 is 1.23 bits per heavy atom. The van der Waals surface area contributed by atoms with Gasteiger partial charge in [-0.05, 0) is 37.3 Å². The molecule has 0 fully saturated rings. The highest BCUT2D eigenvalue weighted by Crippen LogP contribution is 2.33. The molecule has 0 saturated heterocycles. The molecule has 154 valence electrons. The number of nitrogens with zero attached hydrogens (tertiary/aromatic N) is 3. The standard InChI is InChI=1S/C20H19N5O4S/c1-12(13-4-3-5-15(8-13)27-2)22-23-19-21-20(25-24-19)30-10-16(26)14-6-7-17-18(9-14)29-11-28-17/h3-9H,10-11H2,1-2H3,(H2,21,23,24,25)/b22-12-.